The van der Waals surface area contributed by atoms with Gasteiger partial charge in [-0.05, 0) is 37.8 Å². The van der Waals surface area contributed by atoms with Crippen LogP contribution >= 0.6 is 0 Å². The number of aromatic nitrogens is 1. The third-order valence-electron chi connectivity index (χ3n) is 2.79. The maximum atomic E-state index is 11.1. The van der Waals surface area contributed by atoms with Gasteiger partial charge in [-0.15, -0.1) is 0 Å². The van der Waals surface area contributed by atoms with Crippen molar-refractivity contribution >= 4 is 11.8 Å². The van der Waals surface area contributed by atoms with Crippen molar-refractivity contribution in [3.8, 4) is 0 Å². The van der Waals surface area contributed by atoms with Crippen LogP contribution in [-0.4, -0.2) is 33.8 Å². The summed E-state index contributed by atoms with van der Waals surface area (Å²) in [5.41, 5.74) is 1.01. The zero-order chi connectivity index (χ0) is 14.4. The molecule has 1 rings (SSSR count). The van der Waals surface area contributed by atoms with Crippen LogP contribution in [0.25, 0.3) is 0 Å². The molecule has 0 spiro atoms. The van der Waals surface area contributed by atoms with Crippen LogP contribution in [0.1, 0.15) is 55.6 Å². The molecule has 106 valence electrons. The maximum absolute atomic E-state index is 11.1. The van der Waals surface area contributed by atoms with Gasteiger partial charge in [0.1, 0.15) is 5.82 Å². The van der Waals surface area contributed by atoms with E-state index in [1.165, 1.54) is 6.07 Å². The summed E-state index contributed by atoms with van der Waals surface area (Å²) >= 11 is 0. The second-order valence-corrected chi connectivity index (χ2v) is 5.04. The predicted octanol–water partition coefficient (Wildman–Crippen LogP) is 2.48. The molecular formula is C14H22N2O3. The minimum absolute atomic E-state index is 0.178. The molecule has 0 aliphatic heterocycles. The lowest BCUT2D eigenvalue weighted by atomic mass is 10.1. The molecule has 5 nitrogen and oxygen atoms in total. The van der Waals surface area contributed by atoms with Crippen molar-refractivity contribution in [1.29, 1.82) is 0 Å². The molecule has 1 unspecified atom stereocenters. The fraction of sp³-hybridized carbons (Fsp3) is 0.571. The van der Waals surface area contributed by atoms with Crippen molar-refractivity contribution < 1.29 is 15.0 Å². The molecule has 3 N–H and O–H groups in total. The number of rotatable bonds is 7. The number of anilines is 1. The number of hydrogen-bond donors (Lipinski definition) is 3. The lowest BCUT2D eigenvalue weighted by Crippen LogP contribution is -2.10. The van der Waals surface area contributed by atoms with Crippen LogP contribution in [0.2, 0.25) is 0 Å². The zero-order valence-corrected chi connectivity index (χ0v) is 11.7. The normalized spacial score (nSPS) is 12.5. The molecule has 0 fully saturated rings. The van der Waals surface area contributed by atoms with E-state index in [0.29, 0.717) is 18.8 Å². The highest BCUT2D eigenvalue weighted by atomic mass is 16.4. The summed E-state index contributed by atoms with van der Waals surface area (Å²) in [7, 11) is 0. The Balaban J connectivity index is 2.73. The van der Waals surface area contributed by atoms with Crippen LogP contribution in [0, 0.1) is 0 Å². The molecule has 0 radical (unpaired) electrons. The van der Waals surface area contributed by atoms with Gasteiger partial charge in [0.2, 0.25) is 0 Å². The van der Waals surface area contributed by atoms with Crippen LogP contribution in [0.3, 0.4) is 0 Å². The number of carboxylic acids is 1. The molecule has 0 bridgehead atoms. The molecule has 19 heavy (non-hydrogen) atoms. The second kappa shape index (κ2) is 7.09. The zero-order valence-electron chi connectivity index (χ0n) is 11.7. The highest BCUT2D eigenvalue weighted by Gasteiger charge is 2.10. The first kappa shape index (κ1) is 15.4. The van der Waals surface area contributed by atoms with Crippen LogP contribution in [0.4, 0.5) is 5.82 Å². The van der Waals surface area contributed by atoms with Crippen molar-refractivity contribution in [2.24, 2.45) is 0 Å². The standard InChI is InChI=1S/C14H22N2O3/c1-9(2)12-7-11(14(18)19)8-13(16-12)15-6-4-5-10(3)17/h7-10,17H,4-6H2,1-3H3,(H,15,16)(H,18,19). The third kappa shape index (κ3) is 5.26. The van der Waals surface area contributed by atoms with Crippen LogP contribution in [0.5, 0.6) is 0 Å². The van der Waals surface area contributed by atoms with Crippen molar-refractivity contribution in [3.05, 3.63) is 23.4 Å². The van der Waals surface area contributed by atoms with Gasteiger partial charge in [-0.2, -0.15) is 0 Å². The summed E-state index contributed by atoms with van der Waals surface area (Å²) in [6.07, 6.45) is 1.21. The predicted molar refractivity (Wildman–Crippen MR) is 74.7 cm³/mol. The van der Waals surface area contributed by atoms with Gasteiger partial charge in [-0.3, -0.25) is 0 Å². The summed E-state index contributed by atoms with van der Waals surface area (Å²) in [6, 6.07) is 3.14. The summed E-state index contributed by atoms with van der Waals surface area (Å²) in [4.78, 5) is 15.5. The van der Waals surface area contributed by atoms with E-state index in [9.17, 15) is 4.79 Å². The Bertz CT molecular complexity index is 431. The van der Waals surface area contributed by atoms with Gasteiger partial charge in [-0.1, -0.05) is 13.8 Å². The monoisotopic (exact) mass is 266 g/mol. The van der Waals surface area contributed by atoms with Gasteiger partial charge in [0.05, 0.1) is 11.7 Å². The average molecular weight is 266 g/mol. The Kier molecular flexibility index (Phi) is 5.76. The fourth-order valence-electron chi connectivity index (χ4n) is 1.68. The number of aliphatic hydroxyl groups is 1. The minimum Gasteiger partial charge on any atom is -0.478 e. The van der Waals surface area contributed by atoms with E-state index in [2.05, 4.69) is 10.3 Å². The quantitative estimate of drug-likeness (QED) is 0.660. The van der Waals surface area contributed by atoms with E-state index in [0.717, 1.165) is 12.1 Å². The average Bonchev–Trinajstić information content (AvgIpc) is 2.34. The van der Waals surface area contributed by atoms with Gasteiger partial charge in [0.15, 0.2) is 0 Å². The highest BCUT2D eigenvalue weighted by Crippen LogP contribution is 2.17. The number of aromatic carboxylic acids is 1. The summed E-state index contributed by atoms with van der Waals surface area (Å²) in [5, 5.41) is 21.3. The SMILES string of the molecule is CC(O)CCCNc1cc(C(=O)O)cc(C(C)C)n1. The van der Waals surface area contributed by atoms with Crippen LogP contribution in [-0.2, 0) is 0 Å². The molecule has 1 atom stereocenters. The molecule has 1 aromatic heterocycles. The lowest BCUT2D eigenvalue weighted by Gasteiger charge is -2.11. The maximum Gasteiger partial charge on any atom is 0.335 e. The van der Waals surface area contributed by atoms with Gasteiger partial charge in [0, 0.05) is 12.2 Å². The fourth-order valence-corrected chi connectivity index (χ4v) is 1.68. The number of nitrogens with zero attached hydrogens (tertiary/aromatic N) is 1. The minimum atomic E-state index is -0.948. The first-order chi connectivity index (χ1) is 8.90. The lowest BCUT2D eigenvalue weighted by molar-refractivity contribution is 0.0696. The van der Waals surface area contributed by atoms with Gasteiger partial charge in [-0.25, -0.2) is 9.78 Å². The first-order valence-electron chi connectivity index (χ1n) is 6.57. The van der Waals surface area contributed by atoms with E-state index in [1.807, 2.05) is 13.8 Å². The Morgan fingerprint density at radius 1 is 1.37 bits per heavy atom. The summed E-state index contributed by atoms with van der Waals surface area (Å²) in [5.74, 6) is -0.192. The molecule has 1 aromatic rings. The van der Waals surface area contributed by atoms with Crippen molar-refractivity contribution in [2.75, 3.05) is 11.9 Å². The molecule has 1 heterocycles. The molecule has 0 aliphatic carbocycles. The smallest absolute Gasteiger partial charge is 0.335 e. The molecule has 0 saturated heterocycles. The summed E-state index contributed by atoms with van der Waals surface area (Å²) < 4.78 is 0. The number of carbonyl (C=O) groups is 1. The van der Waals surface area contributed by atoms with E-state index in [-0.39, 0.29) is 17.6 Å². The Labute approximate surface area is 113 Å². The number of nitrogens with one attached hydrogen (secondary N) is 1. The van der Waals surface area contributed by atoms with E-state index in [4.69, 9.17) is 10.2 Å². The Morgan fingerprint density at radius 3 is 2.58 bits per heavy atom. The van der Waals surface area contributed by atoms with E-state index in [1.54, 1.807) is 13.0 Å². The first-order valence-corrected chi connectivity index (χ1v) is 6.57. The van der Waals surface area contributed by atoms with Crippen molar-refractivity contribution in [3.63, 3.8) is 0 Å². The molecule has 5 heteroatoms. The van der Waals surface area contributed by atoms with Crippen molar-refractivity contribution in [1.82, 2.24) is 4.98 Å². The molecule has 0 aromatic carbocycles. The molecular weight excluding hydrogens is 244 g/mol. The number of aliphatic hydroxyl groups excluding tert-OH is 1. The van der Waals surface area contributed by atoms with Crippen LogP contribution < -0.4 is 5.32 Å². The number of pyridine rings is 1. The summed E-state index contributed by atoms with van der Waals surface area (Å²) in [6.45, 7) is 6.37. The molecule has 0 amide bonds. The van der Waals surface area contributed by atoms with Gasteiger partial charge >= 0.3 is 5.97 Å². The Morgan fingerprint density at radius 2 is 2.05 bits per heavy atom. The van der Waals surface area contributed by atoms with Crippen molar-refractivity contribution in [2.45, 2.75) is 45.6 Å². The van der Waals surface area contributed by atoms with Gasteiger partial charge in [0.25, 0.3) is 0 Å². The number of carboxylic acid groups (broad SMARTS) is 1. The third-order valence-corrected chi connectivity index (χ3v) is 2.79. The molecule has 0 saturated carbocycles. The van der Waals surface area contributed by atoms with E-state index < -0.39 is 5.97 Å². The largest absolute Gasteiger partial charge is 0.478 e. The molecule has 0 aliphatic rings. The topological polar surface area (TPSA) is 82.5 Å². The van der Waals surface area contributed by atoms with Gasteiger partial charge < -0.3 is 15.5 Å². The second-order valence-electron chi connectivity index (χ2n) is 5.04. The Hall–Kier alpha value is -1.62. The highest BCUT2D eigenvalue weighted by molar-refractivity contribution is 5.88. The van der Waals surface area contributed by atoms with E-state index >= 15 is 0 Å². The number of hydrogen-bond acceptors (Lipinski definition) is 4. The van der Waals surface area contributed by atoms with Crippen LogP contribution in [0.15, 0.2) is 12.1 Å².